The van der Waals surface area contributed by atoms with Crippen molar-refractivity contribution in [2.75, 3.05) is 18.8 Å². The molecule has 1 aromatic carbocycles. The van der Waals surface area contributed by atoms with Crippen LogP contribution in [0, 0.1) is 6.92 Å². The number of sulfone groups is 1. The lowest BCUT2D eigenvalue weighted by Crippen LogP contribution is -2.31. The highest BCUT2D eigenvalue weighted by atomic mass is 32.2. The van der Waals surface area contributed by atoms with Crippen molar-refractivity contribution in [3.05, 3.63) is 35.4 Å². The predicted octanol–water partition coefficient (Wildman–Crippen LogP) is 3.06. The molecule has 0 N–H and O–H groups in total. The van der Waals surface area contributed by atoms with Crippen LogP contribution in [0.1, 0.15) is 55.6 Å². The lowest BCUT2D eigenvalue weighted by molar-refractivity contribution is -0.129. The zero-order valence-electron chi connectivity index (χ0n) is 14.4. The summed E-state index contributed by atoms with van der Waals surface area (Å²) in [5.74, 6) is 0.386. The molecular weight excluding hydrogens is 322 g/mol. The Kier molecular flexibility index (Phi) is 5.28. The Hall–Kier alpha value is -1.36. The number of hydrogen-bond acceptors (Lipinski definition) is 3. The maximum atomic E-state index is 12.4. The molecule has 4 nitrogen and oxygen atoms in total. The fourth-order valence-corrected chi connectivity index (χ4v) is 5.93. The zero-order chi connectivity index (χ0) is 17.2. The smallest absolute Gasteiger partial charge is 0.223 e. The van der Waals surface area contributed by atoms with Gasteiger partial charge in [-0.1, -0.05) is 37.1 Å². The van der Waals surface area contributed by atoms with Gasteiger partial charge in [0.2, 0.25) is 5.91 Å². The van der Waals surface area contributed by atoms with Crippen LogP contribution in [-0.4, -0.2) is 43.3 Å². The van der Waals surface area contributed by atoms with Gasteiger partial charge in [-0.05, 0) is 37.3 Å². The molecule has 0 spiro atoms. The van der Waals surface area contributed by atoms with Crippen LogP contribution in [0.15, 0.2) is 24.3 Å². The third kappa shape index (κ3) is 3.82. The zero-order valence-corrected chi connectivity index (χ0v) is 15.2. The molecule has 1 amide bonds. The van der Waals surface area contributed by atoms with E-state index in [0.717, 1.165) is 38.6 Å². The first kappa shape index (κ1) is 17.5. The van der Waals surface area contributed by atoms with Gasteiger partial charge in [0, 0.05) is 25.4 Å². The molecule has 3 rings (SSSR count). The molecule has 1 aromatic rings. The second-order valence-electron chi connectivity index (χ2n) is 7.21. The Morgan fingerprint density at radius 2 is 1.88 bits per heavy atom. The lowest BCUT2D eigenvalue weighted by Gasteiger charge is -2.18. The van der Waals surface area contributed by atoms with Gasteiger partial charge >= 0.3 is 0 Å². The Bertz CT molecular complexity index is 692. The number of carbonyl (C=O) groups excluding carboxylic acids is 1. The molecule has 5 heteroatoms. The molecule has 1 heterocycles. The maximum Gasteiger partial charge on any atom is 0.223 e. The first-order chi connectivity index (χ1) is 11.5. The first-order valence-electron chi connectivity index (χ1n) is 9.02. The van der Waals surface area contributed by atoms with Crippen LogP contribution < -0.4 is 0 Å². The lowest BCUT2D eigenvalue weighted by atomic mass is 9.94. The molecule has 1 saturated carbocycles. The number of nitrogens with zero attached hydrogens (tertiary/aromatic N) is 1. The monoisotopic (exact) mass is 349 g/mol. The molecule has 1 saturated heterocycles. The summed E-state index contributed by atoms with van der Waals surface area (Å²) in [6.07, 6.45) is 4.65. The van der Waals surface area contributed by atoms with Gasteiger partial charge in [0.05, 0.1) is 11.0 Å². The summed E-state index contributed by atoms with van der Waals surface area (Å²) in [6.45, 7) is 3.56. The Morgan fingerprint density at radius 3 is 2.58 bits per heavy atom. The normalized spacial score (nSPS) is 22.2. The van der Waals surface area contributed by atoms with Crippen LogP contribution in [0.5, 0.6) is 0 Å². The predicted molar refractivity (Wildman–Crippen MR) is 95.8 cm³/mol. The number of hydrogen-bond donors (Lipinski definition) is 0. The third-order valence-corrected chi connectivity index (χ3v) is 7.84. The molecule has 1 aliphatic carbocycles. The number of likely N-dealkylation sites (tertiary alicyclic amines) is 1. The highest BCUT2D eigenvalue weighted by molar-refractivity contribution is 7.92. The van der Waals surface area contributed by atoms with E-state index in [2.05, 4.69) is 19.1 Å². The van der Waals surface area contributed by atoms with Gasteiger partial charge in [-0.15, -0.1) is 0 Å². The average Bonchev–Trinajstić information content (AvgIpc) is 3.25. The first-order valence-corrected chi connectivity index (χ1v) is 10.7. The van der Waals surface area contributed by atoms with Crippen LogP contribution in [-0.2, 0) is 14.6 Å². The van der Waals surface area contributed by atoms with E-state index in [-0.39, 0.29) is 23.3 Å². The molecule has 2 aliphatic rings. The van der Waals surface area contributed by atoms with Crippen LogP contribution in [0.2, 0.25) is 0 Å². The van der Waals surface area contributed by atoms with Crippen LogP contribution >= 0.6 is 0 Å². The van der Waals surface area contributed by atoms with E-state index >= 15 is 0 Å². The Labute approximate surface area is 145 Å². The van der Waals surface area contributed by atoms with Gasteiger partial charge in [-0.25, -0.2) is 8.42 Å². The largest absolute Gasteiger partial charge is 0.342 e. The Morgan fingerprint density at radius 1 is 1.17 bits per heavy atom. The van der Waals surface area contributed by atoms with Gasteiger partial charge in [0.15, 0.2) is 9.84 Å². The summed E-state index contributed by atoms with van der Waals surface area (Å²) >= 11 is 0. The number of aryl methyl sites for hydroxylation is 1. The van der Waals surface area contributed by atoms with Crippen molar-refractivity contribution in [1.82, 2.24) is 4.90 Å². The van der Waals surface area contributed by atoms with Crippen molar-refractivity contribution >= 4 is 15.7 Å². The number of carbonyl (C=O) groups is 1. The van der Waals surface area contributed by atoms with Gasteiger partial charge in [-0.2, -0.15) is 0 Å². The highest BCUT2D eigenvalue weighted by Gasteiger charge is 2.31. The highest BCUT2D eigenvalue weighted by Crippen LogP contribution is 2.30. The summed E-state index contributed by atoms with van der Waals surface area (Å²) in [5.41, 5.74) is 2.58. The minimum atomic E-state index is -3.10. The summed E-state index contributed by atoms with van der Waals surface area (Å²) in [5, 5.41) is -0.205. The van der Waals surface area contributed by atoms with Crippen molar-refractivity contribution in [2.45, 2.75) is 56.6 Å². The summed E-state index contributed by atoms with van der Waals surface area (Å²) in [6, 6.07) is 8.32. The molecular formula is C19H27NO3S. The average molecular weight is 349 g/mol. The van der Waals surface area contributed by atoms with Crippen molar-refractivity contribution in [3.63, 3.8) is 0 Å². The van der Waals surface area contributed by atoms with E-state index in [1.807, 2.05) is 17.0 Å². The minimum Gasteiger partial charge on any atom is -0.342 e. The molecule has 24 heavy (non-hydrogen) atoms. The second-order valence-corrected chi connectivity index (χ2v) is 9.61. The van der Waals surface area contributed by atoms with Crippen molar-refractivity contribution in [1.29, 1.82) is 0 Å². The SMILES string of the molecule is Cc1ccccc1[C@H]1CCN(C(=O)CCS(=O)(=O)C2CCCC2)C1. The fourth-order valence-electron chi connectivity index (χ4n) is 4.09. The van der Waals surface area contributed by atoms with E-state index < -0.39 is 9.84 Å². The molecule has 132 valence electrons. The quantitative estimate of drug-likeness (QED) is 0.821. The third-order valence-electron chi connectivity index (χ3n) is 5.58. The summed E-state index contributed by atoms with van der Waals surface area (Å²) < 4.78 is 24.6. The topological polar surface area (TPSA) is 54.5 Å². The van der Waals surface area contributed by atoms with Crippen molar-refractivity contribution in [3.8, 4) is 0 Å². The second kappa shape index (κ2) is 7.26. The van der Waals surface area contributed by atoms with Gasteiger partial charge in [0.1, 0.15) is 0 Å². The van der Waals surface area contributed by atoms with Crippen LogP contribution in [0.4, 0.5) is 0 Å². The van der Waals surface area contributed by atoms with Crippen LogP contribution in [0.3, 0.4) is 0 Å². The number of amides is 1. The molecule has 0 bridgehead atoms. The summed E-state index contributed by atoms with van der Waals surface area (Å²) in [4.78, 5) is 14.3. The van der Waals surface area contributed by atoms with Gasteiger partial charge in [-0.3, -0.25) is 4.79 Å². The molecule has 1 atom stereocenters. The maximum absolute atomic E-state index is 12.4. The van der Waals surface area contributed by atoms with E-state index in [1.54, 1.807) is 0 Å². The fraction of sp³-hybridized carbons (Fsp3) is 0.632. The molecule has 0 aromatic heterocycles. The van der Waals surface area contributed by atoms with Gasteiger partial charge < -0.3 is 4.90 Å². The van der Waals surface area contributed by atoms with E-state index in [4.69, 9.17) is 0 Å². The minimum absolute atomic E-state index is 0.00680. The molecule has 0 radical (unpaired) electrons. The number of benzene rings is 1. The van der Waals surface area contributed by atoms with Crippen molar-refractivity contribution in [2.24, 2.45) is 0 Å². The standard InChI is InChI=1S/C19H27NO3S/c1-15-6-2-5-9-18(15)16-10-12-20(14-16)19(21)11-13-24(22,23)17-7-3-4-8-17/h2,5-6,9,16-17H,3-4,7-8,10-14H2,1H3/t16-/m0/s1. The van der Waals surface area contributed by atoms with E-state index in [0.29, 0.717) is 12.5 Å². The molecule has 2 fully saturated rings. The number of rotatable bonds is 5. The van der Waals surface area contributed by atoms with Gasteiger partial charge in [0.25, 0.3) is 0 Å². The molecule has 1 aliphatic heterocycles. The molecule has 0 unspecified atom stereocenters. The Balaban J connectivity index is 1.54. The van der Waals surface area contributed by atoms with E-state index in [9.17, 15) is 13.2 Å². The van der Waals surface area contributed by atoms with Crippen molar-refractivity contribution < 1.29 is 13.2 Å². The van der Waals surface area contributed by atoms with E-state index in [1.165, 1.54) is 11.1 Å². The van der Waals surface area contributed by atoms with Crippen LogP contribution in [0.25, 0.3) is 0 Å². The summed E-state index contributed by atoms with van der Waals surface area (Å²) in [7, 11) is -3.10.